The number of aliphatic hydroxyl groups is 1. The Hall–Kier alpha value is -1.49. The molecule has 2 N–H and O–H groups in total. The Balaban J connectivity index is 1.81. The zero-order chi connectivity index (χ0) is 21.4. The van der Waals surface area contributed by atoms with Crippen LogP contribution in [0.25, 0.3) is 0 Å². The van der Waals surface area contributed by atoms with Crippen LogP contribution >= 0.6 is 15.9 Å². The number of hydrogen-bond donors (Lipinski definition) is 2. The topological polar surface area (TPSA) is 74.4 Å². The van der Waals surface area contributed by atoms with Crippen LogP contribution in [-0.2, 0) is 12.0 Å². The van der Waals surface area contributed by atoms with E-state index in [1.165, 1.54) is 4.90 Å². The molecular weight excluding hydrogens is 453 g/mol. The molecule has 2 aromatic rings. The molecule has 1 aliphatic rings. The molecule has 0 saturated heterocycles. The smallest absolute Gasteiger partial charge is 0.371 e. The fraction of sp³-hybridized carbons (Fsp3) is 0.579. The molecule has 1 aliphatic heterocycles. The fourth-order valence-corrected chi connectivity index (χ4v) is 3.72. The van der Waals surface area contributed by atoms with Crippen LogP contribution in [-0.4, -0.2) is 39.4 Å². The molecule has 0 saturated carbocycles. The van der Waals surface area contributed by atoms with Crippen LogP contribution in [0.5, 0.6) is 0 Å². The molecule has 160 valence electrons. The van der Waals surface area contributed by atoms with E-state index in [0.29, 0.717) is 12.3 Å². The second-order valence-electron chi connectivity index (χ2n) is 8.29. The van der Waals surface area contributed by atoms with E-state index in [2.05, 4.69) is 31.4 Å². The lowest BCUT2D eigenvalue weighted by Gasteiger charge is -2.22. The molecule has 3 rings (SSSR count). The van der Waals surface area contributed by atoms with Crippen LogP contribution in [0.3, 0.4) is 0 Å². The van der Waals surface area contributed by atoms with Crippen LogP contribution in [0.4, 0.5) is 13.2 Å². The molecule has 0 amide bonds. The zero-order valence-corrected chi connectivity index (χ0v) is 18.0. The van der Waals surface area contributed by atoms with Crippen molar-refractivity contribution in [1.82, 2.24) is 20.4 Å². The lowest BCUT2D eigenvalue weighted by molar-refractivity contribution is -0.147. The van der Waals surface area contributed by atoms with E-state index in [1.54, 1.807) is 0 Å². The maximum Gasteiger partial charge on any atom is 0.401 e. The number of alkyl halides is 3. The molecule has 0 radical (unpaired) electrons. The van der Waals surface area contributed by atoms with Gasteiger partial charge in [0.15, 0.2) is 6.23 Å². The van der Waals surface area contributed by atoms with Gasteiger partial charge in [-0.15, -0.1) is 0 Å². The Kier molecular flexibility index (Phi) is 6.38. The first-order valence-corrected chi connectivity index (χ1v) is 10.1. The van der Waals surface area contributed by atoms with Crippen molar-refractivity contribution in [2.75, 3.05) is 13.1 Å². The summed E-state index contributed by atoms with van der Waals surface area (Å²) >= 11 is 3.38. The molecular formula is C19H24BrF3N4O2. The Bertz CT molecular complexity index is 851. The van der Waals surface area contributed by atoms with Crippen molar-refractivity contribution in [3.05, 3.63) is 45.5 Å². The first kappa shape index (κ1) is 22.2. The SMILES string of the molecule is CC(C)(C)c1nc(C(O)N[C@@H]2CCN(CC(F)(F)F)Cc3cc(Br)ccc32)no1. The predicted octanol–water partition coefficient (Wildman–Crippen LogP) is 4.22. The zero-order valence-electron chi connectivity index (χ0n) is 16.4. The first-order valence-electron chi connectivity index (χ1n) is 9.28. The van der Waals surface area contributed by atoms with E-state index in [1.807, 2.05) is 39.0 Å². The summed E-state index contributed by atoms with van der Waals surface area (Å²) in [5.41, 5.74) is 1.26. The molecule has 29 heavy (non-hydrogen) atoms. The third-order valence-corrected chi connectivity index (χ3v) is 5.19. The first-order chi connectivity index (χ1) is 13.4. The number of aliphatic hydroxyl groups excluding tert-OH is 1. The monoisotopic (exact) mass is 476 g/mol. The standard InChI is InChI=1S/C19H24BrF3N4O2/c1-18(2,3)17-25-15(26-29-17)16(28)24-14-6-7-27(10-19(21,22)23)9-11-8-12(20)4-5-13(11)14/h4-5,8,14,16,24,28H,6-7,9-10H2,1-3H3/t14-,16?/m1/s1. The second-order valence-corrected chi connectivity index (χ2v) is 9.20. The Morgan fingerprint density at radius 1 is 1.34 bits per heavy atom. The fourth-order valence-electron chi connectivity index (χ4n) is 3.32. The highest BCUT2D eigenvalue weighted by molar-refractivity contribution is 9.10. The van der Waals surface area contributed by atoms with Gasteiger partial charge in [-0.05, 0) is 29.7 Å². The van der Waals surface area contributed by atoms with Gasteiger partial charge in [-0.3, -0.25) is 10.2 Å². The summed E-state index contributed by atoms with van der Waals surface area (Å²) in [6.45, 7) is 5.18. The van der Waals surface area contributed by atoms with E-state index in [0.717, 1.165) is 15.6 Å². The van der Waals surface area contributed by atoms with E-state index < -0.39 is 18.9 Å². The largest absolute Gasteiger partial charge is 0.401 e. The van der Waals surface area contributed by atoms with E-state index >= 15 is 0 Å². The lowest BCUT2D eigenvalue weighted by atomic mass is 9.97. The number of fused-ring (bicyclic) bond motifs is 1. The summed E-state index contributed by atoms with van der Waals surface area (Å²) in [5, 5.41) is 17.5. The minimum absolute atomic E-state index is 0.102. The van der Waals surface area contributed by atoms with Gasteiger partial charge in [-0.1, -0.05) is 47.9 Å². The Labute approximate surface area is 175 Å². The van der Waals surface area contributed by atoms with Gasteiger partial charge in [0.1, 0.15) is 0 Å². The van der Waals surface area contributed by atoms with Gasteiger partial charge in [0.05, 0.1) is 6.54 Å². The summed E-state index contributed by atoms with van der Waals surface area (Å²) in [7, 11) is 0. The maximum atomic E-state index is 12.9. The molecule has 0 fully saturated rings. The van der Waals surface area contributed by atoms with Crippen LogP contribution in [0.1, 0.15) is 62.3 Å². The second kappa shape index (κ2) is 8.33. The highest BCUT2D eigenvalue weighted by atomic mass is 79.9. The van der Waals surface area contributed by atoms with Crippen molar-refractivity contribution in [3.8, 4) is 0 Å². The molecule has 1 aromatic carbocycles. The molecule has 1 unspecified atom stereocenters. The predicted molar refractivity (Wildman–Crippen MR) is 104 cm³/mol. The molecule has 2 heterocycles. The highest BCUT2D eigenvalue weighted by Crippen LogP contribution is 2.32. The normalized spacial score (nSPS) is 19.7. The molecule has 2 atom stereocenters. The number of halogens is 4. The van der Waals surface area contributed by atoms with Crippen LogP contribution in [0.2, 0.25) is 0 Å². The van der Waals surface area contributed by atoms with Gasteiger partial charge in [0.25, 0.3) is 0 Å². The summed E-state index contributed by atoms with van der Waals surface area (Å²) in [6.07, 6.45) is -5.08. The van der Waals surface area contributed by atoms with Crippen LogP contribution in [0, 0.1) is 0 Å². The summed E-state index contributed by atoms with van der Waals surface area (Å²) in [5.74, 6) is 0.500. The van der Waals surface area contributed by atoms with Crippen molar-refractivity contribution >= 4 is 15.9 Å². The summed E-state index contributed by atoms with van der Waals surface area (Å²) in [6, 6.07) is 5.16. The van der Waals surface area contributed by atoms with Crippen molar-refractivity contribution in [2.24, 2.45) is 0 Å². The van der Waals surface area contributed by atoms with Gasteiger partial charge in [0.2, 0.25) is 11.7 Å². The Morgan fingerprint density at radius 3 is 2.69 bits per heavy atom. The minimum atomic E-state index is -4.27. The van der Waals surface area contributed by atoms with E-state index in [4.69, 9.17) is 4.52 Å². The van der Waals surface area contributed by atoms with Crippen molar-refractivity contribution in [1.29, 1.82) is 0 Å². The van der Waals surface area contributed by atoms with Crippen LogP contribution < -0.4 is 5.32 Å². The Morgan fingerprint density at radius 2 is 2.07 bits per heavy atom. The number of nitrogens with zero attached hydrogens (tertiary/aromatic N) is 3. The maximum absolute atomic E-state index is 12.9. The van der Waals surface area contributed by atoms with Gasteiger partial charge in [0, 0.05) is 29.0 Å². The highest BCUT2D eigenvalue weighted by Gasteiger charge is 2.34. The summed E-state index contributed by atoms with van der Waals surface area (Å²) < 4.78 is 44.8. The molecule has 10 heteroatoms. The number of hydrogen-bond acceptors (Lipinski definition) is 6. The van der Waals surface area contributed by atoms with Crippen molar-refractivity contribution < 1.29 is 22.8 Å². The van der Waals surface area contributed by atoms with E-state index in [-0.39, 0.29) is 30.4 Å². The minimum Gasteiger partial charge on any atom is -0.371 e. The van der Waals surface area contributed by atoms with Gasteiger partial charge in [-0.25, -0.2) is 0 Å². The van der Waals surface area contributed by atoms with Gasteiger partial charge < -0.3 is 9.63 Å². The van der Waals surface area contributed by atoms with Crippen LogP contribution in [0.15, 0.2) is 27.2 Å². The lowest BCUT2D eigenvalue weighted by Crippen LogP contribution is -2.34. The quantitative estimate of drug-likeness (QED) is 0.643. The average Bonchev–Trinajstić information content (AvgIpc) is 3.02. The van der Waals surface area contributed by atoms with Gasteiger partial charge in [-0.2, -0.15) is 18.2 Å². The third kappa shape index (κ3) is 5.78. The van der Waals surface area contributed by atoms with Crippen molar-refractivity contribution in [3.63, 3.8) is 0 Å². The molecule has 0 aliphatic carbocycles. The van der Waals surface area contributed by atoms with Crippen molar-refractivity contribution in [2.45, 2.75) is 57.6 Å². The number of aromatic nitrogens is 2. The molecule has 0 bridgehead atoms. The number of benzene rings is 1. The summed E-state index contributed by atoms with van der Waals surface area (Å²) in [4.78, 5) is 5.61. The molecule has 0 spiro atoms. The molecule has 6 nitrogen and oxygen atoms in total. The third-order valence-electron chi connectivity index (χ3n) is 4.70. The van der Waals surface area contributed by atoms with Gasteiger partial charge >= 0.3 is 6.18 Å². The number of nitrogens with one attached hydrogen (secondary N) is 1. The average molecular weight is 477 g/mol. The number of rotatable bonds is 4. The molecule has 1 aromatic heterocycles. The van der Waals surface area contributed by atoms with E-state index in [9.17, 15) is 18.3 Å².